The largest absolute Gasteiger partial charge is 0.507 e. The molecule has 0 unspecified atom stereocenters. The zero-order chi connectivity index (χ0) is 24.3. The first-order valence-corrected chi connectivity index (χ1v) is 11.1. The van der Waals surface area contributed by atoms with E-state index in [9.17, 15) is 14.7 Å². The van der Waals surface area contributed by atoms with Crippen LogP contribution in [0.3, 0.4) is 0 Å². The van der Waals surface area contributed by atoms with Crippen molar-refractivity contribution in [3.63, 3.8) is 0 Å². The Bertz CT molecular complexity index is 1130. The highest BCUT2D eigenvalue weighted by atomic mass is 35.5. The third kappa shape index (κ3) is 5.24. The maximum atomic E-state index is 13.1. The highest BCUT2D eigenvalue weighted by molar-refractivity contribution is 6.46. The van der Waals surface area contributed by atoms with E-state index in [0.29, 0.717) is 46.6 Å². The molecule has 1 aliphatic heterocycles. The Hall–Kier alpha value is -2.80. The topological polar surface area (TPSA) is 70.1 Å². The number of carbonyl (C=O) groups is 2. The molecule has 3 rings (SSSR count). The molecule has 1 atom stereocenters. The summed E-state index contributed by atoms with van der Waals surface area (Å²) >= 11 is 12.3. The number of rotatable bonds is 8. The maximum Gasteiger partial charge on any atom is 0.295 e. The minimum atomic E-state index is -0.795. The van der Waals surface area contributed by atoms with Gasteiger partial charge in [0.25, 0.3) is 11.7 Å². The standard InChI is InChI=1S/C25H26Cl2N2O4/c1-5-12-33-20-9-7-17(13-15(20)2)23(30)21-22(16-6-8-18(26)19(27)14-16)29(11-10-28(3)4)25(32)24(21)31/h5-9,13-14,22,30H,1,10-12H2,2-4H3/t22-/m0/s1. The van der Waals surface area contributed by atoms with Crippen molar-refractivity contribution in [2.24, 2.45) is 0 Å². The summed E-state index contributed by atoms with van der Waals surface area (Å²) in [5, 5.41) is 11.9. The van der Waals surface area contributed by atoms with Gasteiger partial charge in [-0.2, -0.15) is 0 Å². The fourth-order valence-electron chi connectivity index (χ4n) is 3.71. The van der Waals surface area contributed by atoms with E-state index in [-0.39, 0.29) is 11.3 Å². The number of likely N-dealkylation sites (N-methyl/N-ethyl adjacent to an activating group) is 1. The van der Waals surface area contributed by atoms with Crippen LogP contribution in [0.5, 0.6) is 5.75 Å². The van der Waals surface area contributed by atoms with Crippen LogP contribution in [0.2, 0.25) is 10.0 Å². The number of aliphatic hydroxyl groups is 1. The number of ether oxygens (including phenoxy) is 1. The molecule has 1 N–H and O–H groups in total. The molecule has 1 saturated heterocycles. The lowest BCUT2D eigenvalue weighted by Gasteiger charge is -2.26. The molecule has 6 nitrogen and oxygen atoms in total. The van der Waals surface area contributed by atoms with E-state index in [4.69, 9.17) is 27.9 Å². The Morgan fingerprint density at radius 3 is 2.52 bits per heavy atom. The van der Waals surface area contributed by atoms with Gasteiger partial charge in [0.1, 0.15) is 18.1 Å². The zero-order valence-electron chi connectivity index (χ0n) is 18.8. The number of amides is 1. The highest BCUT2D eigenvalue weighted by Gasteiger charge is 2.46. The molecule has 1 amide bonds. The van der Waals surface area contributed by atoms with Crippen LogP contribution in [0.25, 0.3) is 5.76 Å². The van der Waals surface area contributed by atoms with Crippen molar-refractivity contribution in [2.45, 2.75) is 13.0 Å². The molecule has 0 bridgehead atoms. The van der Waals surface area contributed by atoms with Gasteiger partial charge in [-0.25, -0.2) is 0 Å². The summed E-state index contributed by atoms with van der Waals surface area (Å²) in [6.45, 7) is 6.65. The number of halogens is 2. The van der Waals surface area contributed by atoms with Crippen LogP contribution in [0, 0.1) is 6.92 Å². The van der Waals surface area contributed by atoms with Crippen molar-refractivity contribution in [1.29, 1.82) is 0 Å². The van der Waals surface area contributed by atoms with Crippen LogP contribution >= 0.6 is 23.2 Å². The number of carbonyl (C=O) groups excluding carboxylic acids is 2. The van der Waals surface area contributed by atoms with Crippen molar-refractivity contribution < 1.29 is 19.4 Å². The third-order valence-corrected chi connectivity index (χ3v) is 6.13. The van der Waals surface area contributed by atoms with Crippen molar-refractivity contribution in [1.82, 2.24) is 9.80 Å². The van der Waals surface area contributed by atoms with Crippen molar-refractivity contribution in [2.75, 3.05) is 33.8 Å². The second kappa shape index (κ2) is 10.4. The minimum Gasteiger partial charge on any atom is -0.507 e. The first-order valence-electron chi connectivity index (χ1n) is 10.4. The molecular formula is C25H26Cl2N2O4. The molecule has 33 heavy (non-hydrogen) atoms. The first-order chi connectivity index (χ1) is 15.6. The molecule has 174 valence electrons. The van der Waals surface area contributed by atoms with Crippen LogP contribution in [0.15, 0.2) is 54.6 Å². The summed E-state index contributed by atoms with van der Waals surface area (Å²) in [5.41, 5.74) is 1.78. The van der Waals surface area contributed by atoms with E-state index in [1.807, 2.05) is 25.9 Å². The lowest BCUT2D eigenvalue weighted by Crippen LogP contribution is -2.35. The van der Waals surface area contributed by atoms with Crippen molar-refractivity contribution in [3.05, 3.63) is 81.4 Å². The zero-order valence-corrected chi connectivity index (χ0v) is 20.3. The number of aryl methyl sites for hydroxylation is 1. The Labute approximate surface area is 203 Å². The smallest absolute Gasteiger partial charge is 0.295 e. The molecule has 8 heteroatoms. The van der Waals surface area contributed by atoms with Crippen LogP contribution in [0.1, 0.15) is 22.7 Å². The van der Waals surface area contributed by atoms with Gasteiger partial charge in [-0.1, -0.05) is 41.9 Å². The Kier molecular flexibility index (Phi) is 7.84. The molecule has 0 saturated carbocycles. The van der Waals surface area contributed by atoms with Crippen LogP contribution in [0.4, 0.5) is 0 Å². The molecule has 0 radical (unpaired) electrons. The summed E-state index contributed by atoms with van der Waals surface area (Å²) in [5.74, 6) is -1.03. The van der Waals surface area contributed by atoms with E-state index < -0.39 is 17.7 Å². The number of hydrogen-bond donors (Lipinski definition) is 1. The number of likely N-dealkylation sites (tertiary alicyclic amines) is 1. The summed E-state index contributed by atoms with van der Waals surface area (Å²) in [6.07, 6.45) is 1.64. The molecule has 0 aliphatic carbocycles. The van der Waals surface area contributed by atoms with E-state index in [0.717, 1.165) is 5.56 Å². The molecule has 1 heterocycles. The Balaban J connectivity index is 2.13. The summed E-state index contributed by atoms with van der Waals surface area (Å²) in [7, 11) is 3.76. The first kappa shape index (κ1) is 24.8. The summed E-state index contributed by atoms with van der Waals surface area (Å²) < 4.78 is 5.59. The van der Waals surface area contributed by atoms with E-state index in [1.54, 1.807) is 42.5 Å². The van der Waals surface area contributed by atoms with Crippen LogP contribution in [-0.2, 0) is 9.59 Å². The fraction of sp³-hybridized carbons (Fsp3) is 0.280. The second-order valence-electron chi connectivity index (χ2n) is 8.05. The highest BCUT2D eigenvalue weighted by Crippen LogP contribution is 2.41. The number of Topliss-reactive ketones (excluding diaryl/α,β-unsaturated/α-hetero) is 1. The number of ketones is 1. The predicted molar refractivity (Wildman–Crippen MR) is 131 cm³/mol. The van der Waals surface area contributed by atoms with Crippen LogP contribution in [-0.4, -0.2) is 60.4 Å². The molecular weight excluding hydrogens is 463 g/mol. The van der Waals surface area contributed by atoms with Gasteiger partial charge < -0.3 is 19.6 Å². The van der Waals surface area contributed by atoms with Gasteiger partial charge in [-0.05, 0) is 62.5 Å². The minimum absolute atomic E-state index is 0.0105. The van der Waals surface area contributed by atoms with Gasteiger partial charge >= 0.3 is 0 Å². The molecule has 1 aliphatic rings. The molecule has 0 spiro atoms. The molecule has 0 aromatic heterocycles. The van der Waals surface area contributed by atoms with E-state index >= 15 is 0 Å². The van der Waals surface area contributed by atoms with Crippen molar-refractivity contribution >= 4 is 40.7 Å². The van der Waals surface area contributed by atoms with Gasteiger partial charge in [-0.3, -0.25) is 9.59 Å². The fourth-order valence-corrected chi connectivity index (χ4v) is 4.02. The second-order valence-corrected chi connectivity index (χ2v) is 8.86. The van der Waals surface area contributed by atoms with Gasteiger partial charge in [0.15, 0.2) is 0 Å². The third-order valence-electron chi connectivity index (χ3n) is 5.39. The Morgan fingerprint density at radius 2 is 1.91 bits per heavy atom. The monoisotopic (exact) mass is 488 g/mol. The van der Waals surface area contributed by atoms with Crippen LogP contribution < -0.4 is 4.74 Å². The lowest BCUT2D eigenvalue weighted by molar-refractivity contribution is -0.140. The average Bonchev–Trinajstić information content (AvgIpc) is 3.03. The normalized spacial score (nSPS) is 17.6. The summed E-state index contributed by atoms with van der Waals surface area (Å²) in [6, 6.07) is 9.22. The number of benzene rings is 2. The van der Waals surface area contributed by atoms with E-state index in [2.05, 4.69) is 6.58 Å². The van der Waals surface area contributed by atoms with Gasteiger partial charge in [-0.15, -0.1) is 0 Å². The number of nitrogens with zero attached hydrogens (tertiary/aromatic N) is 2. The molecule has 2 aromatic carbocycles. The lowest BCUT2D eigenvalue weighted by atomic mass is 9.94. The Morgan fingerprint density at radius 1 is 1.18 bits per heavy atom. The van der Waals surface area contributed by atoms with Gasteiger partial charge in [0.05, 0.1) is 21.7 Å². The average molecular weight is 489 g/mol. The quantitative estimate of drug-likeness (QED) is 0.249. The SMILES string of the molecule is C=CCOc1ccc(C(O)=C2C(=O)C(=O)N(CCN(C)C)[C@H]2c2ccc(Cl)c(Cl)c2)cc1C. The van der Waals surface area contributed by atoms with Crippen molar-refractivity contribution in [3.8, 4) is 5.75 Å². The van der Waals surface area contributed by atoms with Gasteiger partial charge in [0.2, 0.25) is 0 Å². The predicted octanol–water partition coefficient (Wildman–Crippen LogP) is 4.85. The van der Waals surface area contributed by atoms with Gasteiger partial charge in [0, 0.05) is 18.7 Å². The van der Waals surface area contributed by atoms with E-state index in [1.165, 1.54) is 4.90 Å². The molecule has 2 aromatic rings. The summed E-state index contributed by atoms with van der Waals surface area (Å²) in [4.78, 5) is 29.4. The molecule has 1 fully saturated rings. The maximum absolute atomic E-state index is 13.1. The number of aliphatic hydroxyl groups excluding tert-OH is 1. The number of hydrogen-bond acceptors (Lipinski definition) is 5.